The lowest BCUT2D eigenvalue weighted by Gasteiger charge is -2.51. The van der Waals surface area contributed by atoms with Crippen LogP contribution in [0, 0.1) is 0 Å². The van der Waals surface area contributed by atoms with Gasteiger partial charge in [0.15, 0.2) is 0 Å². The molecule has 20 rings (SSSR count). The number of rotatable bonds is 7. The molecule has 130 heavy (non-hydrogen) atoms. The summed E-state index contributed by atoms with van der Waals surface area (Å²) in [5.74, 6) is 0.470. The fourth-order valence-electron chi connectivity index (χ4n) is 26.4. The van der Waals surface area contributed by atoms with E-state index in [2.05, 4.69) is 127 Å². The van der Waals surface area contributed by atoms with Crippen molar-refractivity contribution in [3.63, 3.8) is 0 Å². The van der Waals surface area contributed by atoms with Crippen molar-refractivity contribution in [2.45, 2.75) is 356 Å². The molecule has 16 aliphatic rings. The molecular weight excluding hydrogens is 1640 g/mol. The molecule has 8 unspecified atom stereocenters. The second kappa shape index (κ2) is 40.3. The predicted octanol–water partition coefficient (Wildman–Crippen LogP) is 16.1. The first-order valence-electron chi connectivity index (χ1n) is 50.0. The maximum atomic E-state index is 13.0. The molecule has 26 nitrogen and oxygen atoms in total. The maximum Gasteiger partial charge on any atom is 0.410 e. The highest BCUT2D eigenvalue weighted by Gasteiger charge is 2.54. The number of carbonyl (C=O) groups excluding carboxylic acids is 8. The van der Waals surface area contributed by atoms with E-state index in [0.717, 1.165) is 207 Å². The molecule has 4 aromatic rings. The van der Waals surface area contributed by atoms with Crippen molar-refractivity contribution in [2.75, 3.05) is 105 Å². The summed E-state index contributed by atoms with van der Waals surface area (Å²) in [5, 5.41) is 7.11. The molecule has 710 valence electrons. The van der Waals surface area contributed by atoms with Gasteiger partial charge in [-0.05, 0) is 307 Å². The van der Waals surface area contributed by atoms with Gasteiger partial charge in [-0.3, -0.25) is 9.59 Å². The van der Waals surface area contributed by atoms with E-state index in [1.165, 1.54) is 64.9 Å². The SMILES string of the molecule is CC(C)(C)OC(=O)N1Cc2ccccc2C2(CCNCC2)C1.CCOC(=O)N1C2CCC1CC(=O)C2.CCOC(=O)N1C2CCC1CC(N1CCC3(CC1)CN(C(=O)OC(C)(C)C)Cc1ccccc13)C2.CCOC(=O)N1C2CCC1CC(N1CCC3(CC1)CN(C(C)=O)Cc1ccccc13)C2.CCOC(=O)N1C2CCC1CC(N1CCC3(CC1)CNCc1ccccc13)C2. The summed E-state index contributed by atoms with van der Waals surface area (Å²) in [4.78, 5) is 120. The molecule has 0 saturated carbocycles. The topological polar surface area (TPSA) is 248 Å². The van der Waals surface area contributed by atoms with Crippen LogP contribution in [0.15, 0.2) is 97.1 Å². The average molecular weight is 1790 g/mol. The van der Waals surface area contributed by atoms with Gasteiger partial charge in [0.05, 0.1) is 26.4 Å². The van der Waals surface area contributed by atoms with E-state index in [-0.39, 0.29) is 76.6 Å². The maximum absolute atomic E-state index is 13.0. The van der Waals surface area contributed by atoms with Crippen LogP contribution < -0.4 is 10.6 Å². The molecule has 0 aromatic heterocycles. The Kier molecular flexibility index (Phi) is 29.3. The Morgan fingerprint density at radius 3 is 0.946 bits per heavy atom. The van der Waals surface area contributed by atoms with Crippen LogP contribution in [0.5, 0.6) is 0 Å². The number of Topliss-reactive ketones (excluding diaryl/α,β-unsaturated/α-hetero) is 1. The van der Waals surface area contributed by atoms with Crippen LogP contribution in [0.3, 0.4) is 0 Å². The van der Waals surface area contributed by atoms with Gasteiger partial charge in [0.1, 0.15) is 17.0 Å². The minimum Gasteiger partial charge on any atom is -0.450 e. The van der Waals surface area contributed by atoms with Crippen LogP contribution in [0.2, 0.25) is 0 Å². The van der Waals surface area contributed by atoms with Gasteiger partial charge in [0, 0.05) is 160 Å². The van der Waals surface area contributed by atoms with Crippen molar-refractivity contribution in [1.82, 2.24) is 59.6 Å². The number of amides is 7. The smallest absolute Gasteiger partial charge is 0.410 e. The summed E-state index contributed by atoms with van der Waals surface area (Å²) in [6, 6.07) is 39.0. The number of likely N-dealkylation sites (tertiary alicyclic amines) is 3. The quantitative estimate of drug-likeness (QED) is 0.163. The third-order valence-electron chi connectivity index (χ3n) is 32.4. The Morgan fingerprint density at radius 1 is 0.346 bits per heavy atom. The molecule has 16 heterocycles. The van der Waals surface area contributed by atoms with Gasteiger partial charge >= 0.3 is 36.6 Å². The molecule has 16 aliphatic heterocycles. The lowest BCUT2D eigenvalue weighted by atomic mass is 9.68. The first kappa shape index (κ1) is 94.6. The highest BCUT2D eigenvalue weighted by molar-refractivity contribution is 5.84. The van der Waals surface area contributed by atoms with Crippen molar-refractivity contribution in [3.8, 4) is 0 Å². The van der Waals surface area contributed by atoms with E-state index in [1.807, 2.05) is 86.8 Å². The van der Waals surface area contributed by atoms with Gasteiger partial charge in [-0.25, -0.2) is 28.8 Å². The summed E-state index contributed by atoms with van der Waals surface area (Å²) in [5.41, 5.74) is 10.7. The number of hydrogen-bond donors (Lipinski definition) is 2. The third kappa shape index (κ3) is 20.6. The van der Waals surface area contributed by atoms with Gasteiger partial charge in [-0.15, -0.1) is 0 Å². The van der Waals surface area contributed by atoms with Gasteiger partial charge in [0.2, 0.25) is 5.91 Å². The number of piperidine rings is 8. The Morgan fingerprint density at radius 2 is 0.623 bits per heavy atom. The van der Waals surface area contributed by atoms with Gasteiger partial charge < -0.3 is 88.1 Å². The number of benzene rings is 4. The molecule has 4 aromatic carbocycles. The van der Waals surface area contributed by atoms with Crippen LogP contribution in [0.25, 0.3) is 0 Å². The number of nitrogens with one attached hydrogen (secondary N) is 2. The largest absolute Gasteiger partial charge is 0.450 e. The van der Waals surface area contributed by atoms with Gasteiger partial charge in [0.25, 0.3) is 0 Å². The van der Waals surface area contributed by atoms with Crippen molar-refractivity contribution in [1.29, 1.82) is 0 Å². The Balaban J connectivity index is 0.000000122. The fraction of sp³-hybridized carbons (Fsp3) is 0.692. The zero-order valence-electron chi connectivity index (χ0n) is 79.9. The summed E-state index contributed by atoms with van der Waals surface area (Å²) >= 11 is 0. The Hall–Kier alpha value is -8.56. The van der Waals surface area contributed by atoms with Crippen molar-refractivity contribution < 1.29 is 66.8 Å². The molecule has 0 aliphatic carbocycles. The third-order valence-corrected chi connectivity index (χ3v) is 32.4. The first-order chi connectivity index (χ1) is 62.5. The molecule has 0 radical (unpaired) electrons. The molecule has 8 bridgehead atoms. The van der Waals surface area contributed by atoms with E-state index in [4.69, 9.17) is 28.4 Å². The number of hydrogen-bond acceptors (Lipinski definition) is 19. The summed E-state index contributed by atoms with van der Waals surface area (Å²) < 4.78 is 32.3. The minimum absolute atomic E-state index is 0.0210. The van der Waals surface area contributed by atoms with Gasteiger partial charge in [-0.2, -0.15) is 0 Å². The highest BCUT2D eigenvalue weighted by atomic mass is 16.6. The van der Waals surface area contributed by atoms with Crippen LogP contribution >= 0.6 is 0 Å². The predicted molar refractivity (Wildman–Crippen MR) is 499 cm³/mol. The molecule has 4 spiro atoms. The van der Waals surface area contributed by atoms with Gasteiger partial charge in [-0.1, -0.05) is 97.1 Å². The molecule has 2 N–H and O–H groups in total. The van der Waals surface area contributed by atoms with E-state index in [9.17, 15) is 38.4 Å². The Labute approximate surface area is 772 Å². The zero-order chi connectivity index (χ0) is 91.4. The number of carbonyl (C=O) groups is 8. The second-order valence-corrected chi connectivity index (χ2v) is 42.5. The number of nitrogens with zero attached hydrogens (tertiary/aromatic N) is 10. The van der Waals surface area contributed by atoms with E-state index >= 15 is 0 Å². The molecule has 12 saturated heterocycles. The number of ketones is 1. The van der Waals surface area contributed by atoms with E-state index in [0.29, 0.717) is 112 Å². The van der Waals surface area contributed by atoms with Crippen molar-refractivity contribution >= 4 is 48.2 Å². The minimum atomic E-state index is -0.498. The molecule has 12 fully saturated rings. The van der Waals surface area contributed by atoms with Crippen molar-refractivity contribution in [3.05, 3.63) is 142 Å². The Bertz CT molecular complexity index is 4580. The van der Waals surface area contributed by atoms with Crippen LogP contribution in [-0.4, -0.2) is 280 Å². The normalized spacial score (nSPS) is 28.2. The summed E-state index contributed by atoms with van der Waals surface area (Å²) in [7, 11) is 0. The average Bonchev–Trinajstić information content (AvgIpc) is 0.983. The van der Waals surface area contributed by atoms with Crippen LogP contribution in [0.4, 0.5) is 28.8 Å². The number of ether oxygens (including phenoxy) is 6. The lowest BCUT2D eigenvalue weighted by molar-refractivity contribution is -0.131. The summed E-state index contributed by atoms with van der Waals surface area (Å²) in [6.45, 7) is 37.5. The molecular formula is C104H150N12O14. The molecule has 8 atom stereocenters. The van der Waals surface area contributed by atoms with Crippen LogP contribution in [-0.2, 0) is 85.8 Å². The summed E-state index contributed by atoms with van der Waals surface area (Å²) in [6.07, 6.45) is 24.0. The zero-order valence-corrected chi connectivity index (χ0v) is 79.9. The van der Waals surface area contributed by atoms with Crippen LogP contribution in [0.1, 0.15) is 275 Å². The monoisotopic (exact) mass is 1790 g/mol. The lowest BCUT2D eigenvalue weighted by Crippen LogP contribution is -2.58. The van der Waals surface area contributed by atoms with Crippen molar-refractivity contribution in [2.24, 2.45) is 0 Å². The molecule has 26 heteroatoms. The first-order valence-corrected chi connectivity index (χ1v) is 50.0. The fourth-order valence-corrected chi connectivity index (χ4v) is 26.4. The highest BCUT2D eigenvalue weighted by Crippen LogP contribution is 2.50. The van der Waals surface area contributed by atoms with E-state index in [1.54, 1.807) is 24.3 Å². The second-order valence-electron chi connectivity index (χ2n) is 42.5. The number of fused-ring (bicyclic) bond motifs is 16. The van der Waals surface area contributed by atoms with E-state index < -0.39 is 11.2 Å². The standard InChI is InChI=1S/C28H41N3O4.C25H35N3O3.C23H33N3O2.C18H26N2O2.C10H15NO3/c1-5-34-26(33)31-21-10-11-22(31)17-23(16-21)29-14-12-28(13-15-29)19-30(25(32)35-27(2,3)4)18-20-8-6-7-9-24(20)28;1-3-31-24(30)28-20-8-9-21(28)15-22(14-20)26-12-10-25(11-13-26)17-27(18(2)29)16-19-6-4-5-7-23(19)25;1-2-28-22(27)26-18-7-8-19(26)14-20(13-18)25-11-9-23(10-12-25)16-24-15-17-5-3-4-6-21(17)23;1-17(2,3)22-16(21)20-12-14-6-4-5-7-15(14)18(13-20)8-10-19-11-9-18;1-2-14-10(13)11-7-3-4-8(11)6-9(12)5-7/h6-9,21-23H,5,10-19H2,1-4H3;4-7,20-22H,3,8-17H2,1-2H3;3-6,18-20,24H,2,7-16H2,1H3;4-7,19H,8-13H2,1-3H3;7-8H,2-6H2,1H3. The molecule has 7 amide bonds.